The standard InChI is InChI=1S/C16H15ClN4O2S2/c1-8(2)14(23)21-15-18-10(7-24-15)6-13(22)20-16-19-11-4-3-9(17)5-12(11)25-16/h3-5,7-8H,6H2,1-2H3,(H,18,21,23)(H,19,20,22). The minimum Gasteiger partial charge on any atom is -0.302 e. The molecule has 9 heteroatoms. The number of halogens is 1. The van der Waals surface area contributed by atoms with E-state index in [9.17, 15) is 9.59 Å². The Morgan fingerprint density at radius 1 is 1.20 bits per heavy atom. The molecule has 0 bridgehead atoms. The zero-order valence-electron chi connectivity index (χ0n) is 13.5. The summed E-state index contributed by atoms with van der Waals surface area (Å²) in [6.45, 7) is 3.62. The molecule has 0 fully saturated rings. The maximum Gasteiger partial charge on any atom is 0.232 e. The largest absolute Gasteiger partial charge is 0.302 e. The van der Waals surface area contributed by atoms with Gasteiger partial charge >= 0.3 is 0 Å². The van der Waals surface area contributed by atoms with E-state index in [4.69, 9.17) is 11.6 Å². The van der Waals surface area contributed by atoms with Crippen molar-refractivity contribution in [3.63, 3.8) is 0 Å². The lowest BCUT2D eigenvalue weighted by Gasteiger charge is -2.03. The van der Waals surface area contributed by atoms with Crippen molar-refractivity contribution in [3.8, 4) is 0 Å². The molecule has 2 aromatic heterocycles. The molecule has 2 N–H and O–H groups in total. The number of amides is 2. The van der Waals surface area contributed by atoms with Crippen LogP contribution in [0.2, 0.25) is 5.02 Å². The zero-order chi connectivity index (χ0) is 18.0. The summed E-state index contributed by atoms with van der Waals surface area (Å²) >= 11 is 8.62. The van der Waals surface area contributed by atoms with Crippen LogP contribution < -0.4 is 10.6 Å². The highest BCUT2D eigenvalue weighted by Gasteiger charge is 2.13. The number of fused-ring (bicyclic) bond motifs is 1. The Bertz CT molecular complexity index is 935. The molecule has 130 valence electrons. The summed E-state index contributed by atoms with van der Waals surface area (Å²) in [4.78, 5) is 32.4. The van der Waals surface area contributed by atoms with Gasteiger partial charge in [-0.25, -0.2) is 9.97 Å². The van der Waals surface area contributed by atoms with Gasteiger partial charge in [-0.1, -0.05) is 36.8 Å². The highest BCUT2D eigenvalue weighted by molar-refractivity contribution is 7.22. The summed E-state index contributed by atoms with van der Waals surface area (Å²) in [6, 6.07) is 5.39. The molecule has 25 heavy (non-hydrogen) atoms. The number of carbonyl (C=O) groups is 2. The van der Waals surface area contributed by atoms with Crippen molar-refractivity contribution >= 4 is 66.6 Å². The average molecular weight is 395 g/mol. The van der Waals surface area contributed by atoms with Gasteiger partial charge in [0, 0.05) is 16.3 Å². The molecule has 0 aliphatic heterocycles. The summed E-state index contributed by atoms with van der Waals surface area (Å²) in [5, 5.41) is 8.90. The van der Waals surface area contributed by atoms with E-state index in [1.54, 1.807) is 11.4 Å². The summed E-state index contributed by atoms with van der Waals surface area (Å²) in [5.74, 6) is -0.432. The number of benzene rings is 1. The predicted octanol–water partition coefficient (Wildman–Crippen LogP) is 4.18. The van der Waals surface area contributed by atoms with Crippen molar-refractivity contribution < 1.29 is 9.59 Å². The smallest absolute Gasteiger partial charge is 0.232 e. The van der Waals surface area contributed by atoms with E-state index >= 15 is 0 Å². The van der Waals surface area contributed by atoms with Gasteiger partial charge in [-0.05, 0) is 18.2 Å². The fourth-order valence-electron chi connectivity index (χ4n) is 1.98. The highest BCUT2D eigenvalue weighted by atomic mass is 35.5. The van der Waals surface area contributed by atoms with Gasteiger partial charge in [0.25, 0.3) is 0 Å². The first-order chi connectivity index (χ1) is 11.9. The van der Waals surface area contributed by atoms with Crippen molar-refractivity contribution in [1.82, 2.24) is 9.97 Å². The number of carbonyl (C=O) groups excluding carboxylic acids is 2. The van der Waals surface area contributed by atoms with Crippen LogP contribution in [0.4, 0.5) is 10.3 Å². The molecule has 0 radical (unpaired) electrons. The third kappa shape index (κ3) is 4.53. The van der Waals surface area contributed by atoms with Crippen molar-refractivity contribution in [2.75, 3.05) is 10.6 Å². The number of hydrogen-bond donors (Lipinski definition) is 2. The maximum absolute atomic E-state index is 12.2. The van der Waals surface area contributed by atoms with E-state index in [1.165, 1.54) is 22.7 Å². The predicted molar refractivity (Wildman–Crippen MR) is 103 cm³/mol. The van der Waals surface area contributed by atoms with Crippen LogP contribution in [0.25, 0.3) is 10.2 Å². The van der Waals surface area contributed by atoms with E-state index in [2.05, 4.69) is 20.6 Å². The van der Waals surface area contributed by atoms with Gasteiger partial charge in [0.2, 0.25) is 11.8 Å². The lowest BCUT2D eigenvalue weighted by molar-refractivity contribution is -0.119. The quantitative estimate of drug-likeness (QED) is 0.679. The number of rotatable bonds is 5. The normalized spacial score (nSPS) is 11.0. The molecule has 1 aromatic carbocycles. The second kappa shape index (κ2) is 7.47. The fraction of sp³-hybridized carbons (Fsp3) is 0.250. The van der Waals surface area contributed by atoms with Crippen LogP contribution >= 0.6 is 34.3 Å². The third-order valence-corrected chi connectivity index (χ3v) is 5.22. The first-order valence-electron chi connectivity index (χ1n) is 7.52. The van der Waals surface area contributed by atoms with Crippen LogP contribution in [-0.2, 0) is 16.0 Å². The SMILES string of the molecule is CC(C)C(=O)Nc1nc(CC(=O)Nc2nc3ccc(Cl)cc3s2)cs1. The van der Waals surface area contributed by atoms with E-state index in [0.29, 0.717) is 21.0 Å². The minimum absolute atomic E-state index is 0.0986. The van der Waals surface area contributed by atoms with Gasteiger partial charge in [0.15, 0.2) is 10.3 Å². The molecule has 3 aromatic rings. The second-order valence-electron chi connectivity index (χ2n) is 5.64. The zero-order valence-corrected chi connectivity index (χ0v) is 15.9. The molecule has 0 spiro atoms. The van der Waals surface area contributed by atoms with Gasteiger partial charge < -0.3 is 10.6 Å². The molecule has 0 aliphatic rings. The van der Waals surface area contributed by atoms with Crippen molar-refractivity contribution in [3.05, 3.63) is 34.3 Å². The minimum atomic E-state index is -0.211. The summed E-state index contributed by atoms with van der Waals surface area (Å²) in [7, 11) is 0. The molecule has 6 nitrogen and oxygen atoms in total. The van der Waals surface area contributed by atoms with Crippen LogP contribution in [0.1, 0.15) is 19.5 Å². The number of aromatic nitrogens is 2. The Hall–Kier alpha value is -2.03. The fourth-order valence-corrected chi connectivity index (χ4v) is 3.85. The third-order valence-electron chi connectivity index (χ3n) is 3.24. The molecule has 2 heterocycles. The molecule has 3 rings (SSSR count). The molecule has 0 atom stereocenters. The van der Waals surface area contributed by atoms with Crippen molar-refractivity contribution in [2.24, 2.45) is 5.92 Å². The highest BCUT2D eigenvalue weighted by Crippen LogP contribution is 2.28. The van der Waals surface area contributed by atoms with Crippen LogP contribution in [0.3, 0.4) is 0 Å². The Morgan fingerprint density at radius 3 is 2.76 bits per heavy atom. The van der Waals surface area contributed by atoms with E-state index < -0.39 is 0 Å². The van der Waals surface area contributed by atoms with Gasteiger partial charge in [0.1, 0.15) is 0 Å². The Labute approximate surface area is 157 Å². The summed E-state index contributed by atoms with van der Waals surface area (Å²) < 4.78 is 0.912. The van der Waals surface area contributed by atoms with Crippen LogP contribution in [0, 0.1) is 5.92 Å². The lowest BCUT2D eigenvalue weighted by Crippen LogP contribution is -2.18. The van der Waals surface area contributed by atoms with Crippen LogP contribution in [-0.4, -0.2) is 21.8 Å². The maximum atomic E-state index is 12.2. The van der Waals surface area contributed by atoms with Gasteiger partial charge in [0.05, 0.1) is 22.3 Å². The molecule has 0 saturated carbocycles. The van der Waals surface area contributed by atoms with Gasteiger partial charge in [-0.2, -0.15) is 0 Å². The number of nitrogens with zero attached hydrogens (tertiary/aromatic N) is 2. The lowest BCUT2D eigenvalue weighted by atomic mass is 10.2. The van der Waals surface area contributed by atoms with E-state index in [0.717, 1.165) is 10.2 Å². The topological polar surface area (TPSA) is 84.0 Å². The molecule has 0 aliphatic carbocycles. The molecule has 2 amide bonds. The number of thiazole rings is 2. The average Bonchev–Trinajstić information content (AvgIpc) is 3.12. The van der Waals surface area contributed by atoms with Crippen LogP contribution in [0.15, 0.2) is 23.6 Å². The first-order valence-corrected chi connectivity index (χ1v) is 9.59. The Balaban J connectivity index is 1.62. The Morgan fingerprint density at radius 2 is 2.00 bits per heavy atom. The Kier molecular flexibility index (Phi) is 5.31. The monoisotopic (exact) mass is 394 g/mol. The van der Waals surface area contributed by atoms with Crippen LogP contribution in [0.5, 0.6) is 0 Å². The van der Waals surface area contributed by atoms with Crippen molar-refractivity contribution in [1.29, 1.82) is 0 Å². The molecule has 0 unspecified atom stereocenters. The number of nitrogens with one attached hydrogen (secondary N) is 2. The molecule has 0 saturated heterocycles. The summed E-state index contributed by atoms with van der Waals surface area (Å²) in [5.41, 5.74) is 1.39. The van der Waals surface area contributed by atoms with E-state index in [-0.39, 0.29) is 24.2 Å². The number of anilines is 2. The van der Waals surface area contributed by atoms with E-state index in [1.807, 2.05) is 26.0 Å². The van der Waals surface area contributed by atoms with Crippen molar-refractivity contribution in [2.45, 2.75) is 20.3 Å². The van der Waals surface area contributed by atoms with Gasteiger partial charge in [-0.3, -0.25) is 9.59 Å². The first kappa shape index (κ1) is 17.8. The van der Waals surface area contributed by atoms with Gasteiger partial charge in [-0.15, -0.1) is 11.3 Å². The molecular formula is C16H15ClN4O2S2. The summed E-state index contributed by atoms with van der Waals surface area (Å²) in [6.07, 6.45) is 0.116. The second-order valence-corrected chi connectivity index (χ2v) is 7.97. The number of hydrogen-bond acceptors (Lipinski definition) is 6. The molecular weight excluding hydrogens is 380 g/mol.